The van der Waals surface area contributed by atoms with Gasteiger partial charge >= 0.3 is 0 Å². The molecule has 0 aliphatic heterocycles. The van der Waals surface area contributed by atoms with Crippen LogP contribution in [0.1, 0.15) is 25.8 Å². The fourth-order valence-electron chi connectivity index (χ4n) is 1.39. The van der Waals surface area contributed by atoms with Gasteiger partial charge < -0.3 is 5.32 Å². The van der Waals surface area contributed by atoms with Gasteiger partial charge in [0.05, 0.1) is 0 Å². The van der Waals surface area contributed by atoms with E-state index < -0.39 is 0 Å². The second-order valence-electron chi connectivity index (χ2n) is 3.67. The zero-order valence-corrected chi connectivity index (χ0v) is 8.79. The molecule has 2 heteroatoms. The summed E-state index contributed by atoms with van der Waals surface area (Å²) in [5.41, 5.74) is 1.25. The molecule has 0 bridgehead atoms. The molecule has 0 aliphatic carbocycles. The van der Waals surface area contributed by atoms with Crippen molar-refractivity contribution in [2.75, 3.05) is 0 Å². The van der Waals surface area contributed by atoms with Gasteiger partial charge in [-0.3, -0.25) is 4.79 Å². The third-order valence-electron chi connectivity index (χ3n) is 2.09. The van der Waals surface area contributed by atoms with E-state index in [1.54, 1.807) is 6.92 Å². The molecule has 14 heavy (non-hydrogen) atoms. The topological polar surface area (TPSA) is 29.1 Å². The van der Waals surface area contributed by atoms with Gasteiger partial charge in [-0.15, -0.1) is 0 Å². The van der Waals surface area contributed by atoms with Gasteiger partial charge in [0.25, 0.3) is 0 Å². The minimum absolute atomic E-state index is 0.234. The number of ketones is 1. The van der Waals surface area contributed by atoms with Gasteiger partial charge in [-0.25, -0.2) is 0 Å². The molecule has 0 saturated heterocycles. The van der Waals surface area contributed by atoms with E-state index in [1.807, 2.05) is 25.1 Å². The van der Waals surface area contributed by atoms with Crippen LogP contribution in [-0.4, -0.2) is 11.8 Å². The smallest absolute Gasteiger partial charge is 0.131 e. The number of Topliss-reactive ketones (excluding diaryl/α,β-unsaturated/α-hetero) is 1. The van der Waals surface area contributed by atoms with Crippen molar-refractivity contribution in [3.8, 4) is 0 Å². The summed E-state index contributed by atoms with van der Waals surface area (Å²) in [6.07, 6.45) is 0.604. The fraction of sp³-hybridized carbons (Fsp3) is 0.417. The summed E-state index contributed by atoms with van der Waals surface area (Å²) in [5, 5.41) is 3.31. The van der Waals surface area contributed by atoms with Crippen molar-refractivity contribution in [3.05, 3.63) is 35.9 Å². The van der Waals surface area contributed by atoms with Crippen molar-refractivity contribution in [1.29, 1.82) is 0 Å². The predicted octanol–water partition coefficient (Wildman–Crippen LogP) is 2.14. The van der Waals surface area contributed by atoms with E-state index in [4.69, 9.17) is 0 Å². The summed E-state index contributed by atoms with van der Waals surface area (Å²) < 4.78 is 0. The van der Waals surface area contributed by atoms with Crippen molar-refractivity contribution in [3.63, 3.8) is 0 Å². The molecule has 1 atom stereocenters. The number of carbonyl (C=O) groups is 1. The Bertz CT molecular complexity index is 282. The largest absolute Gasteiger partial charge is 0.310 e. The molecule has 0 heterocycles. The summed E-state index contributed by atoms with van der Waals surface area (Å²) in [4.78, 5) is 10.8. The van der Waals surface area contributed by atoms with Gasteiger partial charge in [-0.1, -0.05) is 30.3 Å². The maximum Gasteiger partial charge on any atom is 0.131 e. The normalized spacial score (nSPS) is 12.4. The van der Waals surface area contributed by atoms with Crippen molar-refractivity contribution in [2.24, 2.45) is 0 Å². The second kappa shape index (κ2) is 5.55. The molecule has 2 nitrogen and oxygen atoms in total. The zero-order valence-electron chi connectivity index (χ0n) is 8.79. The van der Waals surface area contributed by atoms with Crippen LogP contribution in [0.25, 0.3) is 0 Å². The zero-order chi connectivity index (χ0) is 10.4. The van der Waals surface area contributed by atoms with Gasteiger partial charge in [-0.05, 0) is 19.4 Å². The first kappa shape index (κ1) is 10.9. The highest BCUT2D eigenvalue weighted by Gasteiger charge is 2.03. The van der Waals surface area contributed by atoms with E-state index in [0.29, 0.717) is 6.42 Å². The molecule has 1 N–H and O–H groups in total. The van der Waals surface area contributed by atoms with Crippen LogP contribution in [0.5, 0.6) is 0 Å². The maximum atomic E-state index is 10.8. The summed E-state index contributed by atoms with van der Waals surface area (Å²) in [6, 6.07) is 10.5. The minimum Gasteiger partial charge on any atom is -0.310 e. The average Bonchev–Trinajstić information content (AvgIpc) is 2.15. The van der Waals surface area contributed by atoms with Crippen LogP contribution in [0.15, 0.2) is 30.3 Å². The molecule has 0 aromatic heterocycles. The average molecular weight is 191 g/mol. The van der Waals surface area contributed by atoms with Crippen molar-refractivity contribution in [2.45, 2.75) is 32.9 Å². The van der Waals surface area contributed by atoms with Crippen molar-refractivity contribution < 1.29 is 4.79 Å². The van der Waals surface area contributed by atoms with Crippen LogP contribution in [0.2, 0.25) is 0 Å². The van der Waals surface area contributed by atoms with Gasteiger partial charge in [0, 0.05) is 19.0 Å². The summed E-state index contributed by atoms with van der Waals surface area (Å²) in [6.45, 7) is 4.49. The SMILES string of the molecule is CC(=O)CC(C)NCc1ccccc1. The maximum absolute atomic E-state index is 10.8. The molecule has 0 radical (unpaired) electrons. The Morgan fingerprint density at radius 2 is 2.00 bits per heavy atom. The summed E-state index contributed by atoms with van der Waals surface area (Å²) >= 11 is 0. The molecule has 76 valence electrons. The first-order valence-corrected chi connectivity index (χ1v) is 4.95. The van der Waals surface area contributed by atoms with E-state index in [-0.39, 0.29) is 11.8 Å². The van der Waals surface area contributed by atoms with Gasteiger partial charge in [0.2, 0.25) is 0 Å². The Morgan fingerprint density at radius 1 is 1.36 bits per heavy atom. The van der Waals surface area contributed by atoms with Crippen LogP contribution >= 0.6 is 0 Å². The third-order valence-corrected chi connectivity index (χ3v) is 2.09. The lowest BCUT2D eigenvalue weighted by Gasteiger charge is -2.11. The number of nitrogens with one attached hydrogen (secondary N) is 1. The molecule has 1 aromatic rings. The molecule has 0 amide bonds. The predicted molar refractivity (Wildman–Crippen MR) is 58.0 cm³/mol. The number of hydrogen-bond donors (Lipinski definition) is 1. The standard InChI is InChI=1S/C12H17NO/c1-10(8-11(2)14)13-9-12-6-4-3-5-7-12/h3-7,10,13H,8-9H2,1-2H3. The van der Waals surface area contributed by atoms with E-state index >= 15 is 0 Å². The van der Waals surface area contributed by atoms with E-state index in [1.165, 1.54) is 5.56 Å². The van der Waals surface area contributed by atoms with Crippen LogP contribution in [0.3, 0.4) is 0 Å². The number of hydrogen-bond acceptors (Lipinski definition) is 2. The Labute approximate surface area is 85.3 Å². The lowest BCUT2D eigenvalue weighted by Crippen LogP contribution is -2.27. The number of carbonyl (C=O) groups excluding carboxylic acids is 1. The Kier molecular flexibility index (Phi) is 4.33. The molecule has 0 fully saturated rings. The molecule has 1 rings (SSSR count). The lowest BCUT2D eigenvalue weighted by atomic mass is 10.1. The summed E-state index contributed by atoms with van der Waals surface area (Å²) in [5.74, 6) is 0.234. The van der Waals surface area contributed by atoms with Crippen LogP contribution < -0.4 is 5.32 Å². The molecule has 1 unspecified atom stereocenters. The van der Waals surface area contributed by atoms with Gasteiger partial charge in [0.15, 0.2) is 0 Å². The van der Waals surface area contributed by atoms with E-state index in [2.05, 4.69) is 17.4 Å². The van der Waals surface area contributed by atoms with Gasteiger partial charge in [-0.2, -0.15) is 0 Å². The van der Waals surface area contributed by atoms with Crippen LogP contribution in [0, 0.1) is 0 Å². The Morgan fingerprint density at radius 3 is 2.57 bits per heavy atom. The monoisotopic (exact) mass is 191 g/mol. The van der Waals surface area contributed by atoms with Crippen molar-refractivity contribution >= 4 is 5.78 Å². The first-order valence-electron chi connectivity index (χ1n) is 4.95. The van der Waals surface area contributed by atoms with Crippen LogP contribution in [-0.2, 0) is 11.3 Å². The second-order valence-corrected chi connectivity index (χ2v) is 3.67. The fourth-order valence-corrected chi connectivity index (χ4v) is 1.39. The highest BCUT2D eigenvalue weighted by Crippen LogP contribution is 1.99. The van der Waals surface area contributed by atoms with Crippen LogP contribution in [0.4, 0.5) is 0 Å². The first-order chi connectivity index (χ1) is 6.68. The lowest BCUT2D eigenvalue weighted by molar-refractivity contribution is -0.117. The quantitative estimate of drug-likeness (QED) is 0.772. The Hall–Kier alpha value is -1.15. The highest BCUT2D eigenvalue weighted by atomic mass is 16.1. The van der Waals surface area contributed by atoms with E-state index in [0.717, 1.165) is 6.54 Å². The van der Waals surface area contributed by atoms with E-state index in [9.17, 15) is 4.79 Å². The molecular formula is C12H17NO. The van der Waals surface area contributed by atoms with Gasteiger partial charge in [0.1, 0.15) is 5.78 Å². The highest BCUT2D eigenvalue weighted by molar-refractivity contribution is 5.76. The number of rotatable bonds is 5. The molecule has 0 spiro atoms. The third kappa shape index (κ3) is 4.19. The molecule has 0 saturated carbocycles. The van der Waals surface area contributed by atoms with Crippen molar-refractivity contribution in [1.82, 2.24) is 5.32 Å². The summed E-state index contributed by atoms with van der Waals surface area (Å²) in [7, 11) is 0. The molecule has 0 aliphatic rings. The minimum atomic E-state index is 0.234. The number of benzene rings is 1. The molecule has 1 aromatic carbocycles. The molecular weight excluding hydrogens is 174 g/mol. The Balaban J connectivity index is 2.30.